The lowest BCUT2D eigenvalue weighted by atomic mass is 10.00. The number of hydrogen-bond donors (Lipinski definition) is 1. The SMILES string of the molecule is COc1cc(CCC(=O)N2CCC[C@@H]2C[C@H](O)c2ccccc2)cc(OC)c1OC. The lowest BCUT2D eigenvalue weighted by Gasteiger charge is -2.27. The minimum absolute atomic E-state index is 0.0765. The summed E-state index contributed by atoms with van der Waals surface area (Å²) >= 11 is 0. The van der Waals surface area contributed by atoms with E-state index in [4.69, 9.17) is 14.2 Å². The Balaban J connectivity index is 1.62. The van der Waals surface area contributed by atoms with Gasteiger partial charge in [-0.3, -0.25) is 4.79 Å². The van der Waals surface area contributed by atoms with Gasteiger partial charge in [0, 0.05) is 19.0 Å². The number of carbonyl (C=O) groups excluding carboxylic acids is 1. The molecule has 1 fully saturated rings. The van der Waals surface area contributed by atoms with Gasteiger partial charge >= 0.3 is 0 Å². The molecular formula is C24H31NO5. The summed E-state index contributed by atoms with van der Waals surface area (Å²) in [6, 6.07) is 13.5. The number of rotatable bonds is 9. The van der Waals surface area contributed by atoms with E-state index < -0.39 is 6.10 Å². The molecule has 30 heavy (non-hydrogen) atoms. The molecule has 1 amide bonds. The van der Waals surface area contributed by atoms with Crippen molar-refractivity contribution >= 4 is 5.91 Å². The zero-order valence-electron chi connectivity index (χ0n) is 18.0. The van der Waals surface area contributed by atoms with E-state index in [9.17, 15) is 9.90 Å². The summed E-state index contributed by atoms with van der Waals surface area (Å²) in [7, 11) is 4.74. The molecule has 6 nitrogen and oxygen atoms in total. The van der Waals surface area contributed by atoms with Gasteiger partial charge in [0.2, 0.25) is 11.7 Å². The smallest absolute Gasteiger partial charge is 0.223 e. The first kappa shape index (κ1) is 22.0. The van der Waals surface area contributed by atoms with Crippen LogP contribution in [0.1, 0.15) is 42.9 Å². The molecule has 1 heterocycles. The summed E-state index contributed by atoms with van der Waals surface area (Å²) in [5.74, 6) is 1.84. The molecule has 6 heteroatoms. The van der Waals surface area contributed by atoms with Gasteiger partial charge in [-0.05, 0) is 48.9 Å². The third-order valence-corrected chi connectivity index (χ3v) is 5.73. The molecule has 1 aliphatic rings. The number of benzene rings is 2. The maximum atomic E-state index is 12.9. The molecule has 0 unspecified atom stereocenters. The molecule has 0 radical (unpaired) electrons. The second-order valence-corrected chi connectivity index (χ2v) is 7.58. The van der Waals surface area contributed by atoms with Crippen molar-refractivity contribution in [3.63, 3.8) is 0 Å². The standard InChI is InChI=1S/C24H31NO5/c1-28-21-14-17(15-22(29-2)24(21)30-3)11-12-23(27)25-13-7-10-19(25)16-20(26)18-8-5-4-6-9-18/h4-6,8-9,14-15,19-20,26H,7,10-13,16H2,1-3H3/t19-,20+/m1/s1. The zero-order valence-corrected chi connectivity index (χ0v) is 18.0. The third-order valence-electron chi connectivity index (χ3n) is 5.73. The fraction of sp³-hybridized carbons (Fsp3) is 0.458. The summed E-state index contributed by atoms with van der Waals surface area (Å²) in [6.45, 7) is 0.750. The fourth-order valence-electron chi connectivity index (χ4n) is 4.15. The quantitative estimate of drug-likeness (QED) is 0.678. The number of likely N-dealkylation sites (tertiary alicyclic amines) is 1. The van der Waals surface area contributed by atoms with Gasteiger partial charge in [-0.15, -0.1) is 0 Å². The summed E-state index contributed by atoms with van der Waals surface area (Å²) in [4.78, 5) is 14.9. The Labute approximate surface area is 178 Å². The van der Waals surface area contributed by atoms with Crippen LogP contribution in [0.15, 0.2) is 42.5 Å². The molecule has 0 bridgehead atoms. The van der Waals surface area contributed by atoms with Crippen LogP contribution < -0.4 is 14.2 Å². The van der Waals surface area contributed by atoms with Crippen LogP contribution in [-0.2, 0) is 11.2 Å². The molecule has 2 aromatic rings. The Bertz CT molecular complexity index is 814. The molecule has 1 N–H and O–H groups in total. The number of methoxy groups -OCH3 is 3. The molecule has 162 valence electrons. The van der Waals surface area contributed by atoms with Gasteiger partial charge in [-0.25, -0.2) is 0 Å². The second kappa shape index (κ2) is 10.3. The Morgan fingerprint density at radius 3 is 2.37 bits per heavy atom. The number of carbonyl (C=O) groups is 1. The van der Waals surface area contributed by atoms with Gasteiger partial charge in [0.15, 0.2) is 11.5 Å². The maximum Gasteiger partial charge on any atom is 0.223 e. The summed E-state index contributed by atoms with van der Waals surface area (Å²) in [6.07, 6.45) is 2.90. The predicted octanol–water partition coefficient (Wildman–Crippen LogP) is 3.76. The Hall–Kier alpha value is -2.73. The van der Waals surface area contributed by atoms with Crippen molar-refractivity contribution in [3.8, 4) is 17.2 Å². The lowest BCUT2D eigenvalue weighted by molar-refractivity contribution is -0.132. The van der Waals surface area contributed by atoms with E-state index in [1.54, 1.807) is 21.3 Å². The van der Waals surface area contributed by atoms with Crippen molar-refractivity contribution in [2.24, 2.45) is 0 Å². The molecular weight excluding hydrogens is 382 g/mol. The van der Waals surface area contributed by atoms with Crippen molar-refractivity contribution in [2.45, 2.75) is 44.2 Å². The van der Waals surface area contributed by atoms with E-state index in [1.807, 2.05) is 47.4 Å². The molecule has 1 aliphatic heterocycles. The van der Waals surface area contributed by atoms with Crippen LogP contribution >= 0.6 is 0 Å². The number of hydrogen-bond acceptors (Lipinski definition) is 5. The van der Waals surface area contributed by atoms with Crippen LogP contribution in [0.2, 0.25) is 0 Å². The van der Waals surface area contributed by atoms with Crippen molar-refractivity contribution in [2.75, 3.05) is 27.9 Å². The Kier molecular flexibility index (Phi) is 7.57. The van der Waals surface area contributed by atoms with Gasteiger partial charge in [-0.1, -0.05) is 30.3 Å². The first-order valence-corrected chi connectivity index (χ1v) is 10.4. The average Bonchev–Trinajstić information content (AvgIpc) is 3.25. The van der Waals surface area contributed by atoms with Gasteiger partial charge in [0.25, 0.3) is 0 Å². The Morgan fingerprint density at radius 1 is 1.10 bits per heavy atom. The molecule has 2 atom stereocenters. The minimum Gasteiger partial charge on any atom is -0.493 e. The molecule has 2 aromatic carbocycles. The monoisotopic (exact) mass is 413 g/mol. The highest BCUT2D eigenvalue weighted by molar-refractivity contribution is 5.77. The molecule has 0 saturated carbocycles. The van der Waals surface area contributed by atoms with E-state index in [-0.39, 0.29) is 11.9 Å². The summed E-state index contributed by atoms with van der Waals surface area (Å²) in [5, 5.41) is 10.6. The number of amides is 1. The maximum absolute atomic E-state index is 12.9. The minimum atomic E-state index is -0.556. The van der Waals surface area contributed by atoms with Gasteiger partial charge < -0.3 is 24.2 Å². The highest BCUT2D eigenvalue weighted by atomic mass is 16.5. The van der Waals surface area contributed by atoms with Crippen LogP contribution in [0.5, 0.6) is 17.2 Å². The molecule has 3 rings (SSSR count). The van der Waals surface area contributed by atoms with Crippen LogP contribution in [0.4, 0.5) is 0 Å². The van der Waals surface area contributed by atoms with Gasteiger partial charge in [-0.2, -0.15) is 0 Å². The summed E-state index contributed by atoms with van der Waals surface area (Å²) in [5.41, 5.74) is 1.85. The van der Waals surface area contributed by atoms with Crippen LogP contribution in [-0.4, -0.2) is 49.8 Å². The van der Waals surface area contributed by atoms with Crippen molar-refractivity contribution < 1.29 is 24.1 Å². The topological polar surface area (TPSA) is 68.2 Å². The van der Waals surface area contributed by atoms with Crippen LogP contribution in [0.25, 0.3) is 0 Å². The largest absolute Gasteiger partial charge is 0.493 e. The molecule has 0 aromatic heterocycles. The van der Waals surface area contributed by atoms with E-state index in [1.165, 1.54) is 0 Å². The first-order chi connectivity index (χ1) is 14.6. The zero-order chi connectivity index (χ0) is 21.5. The highest BCUT2D eigenvalue weighted by Gasteiger charge is 2.30. The van der Waals surface area contributed by atoms with Gasteiger partial charge in [0.1, 0.15) is 0 Å². The van der Waals surface area contributed by atoms with Crippen LogP contribution in [0.3, 0.4) is 0 Å². The van der Waals surface area contributed by atoms with E-state index in [2.05, 4.69) is 0 Å². The number of nitrogens with zero attached hydrogens (tertiary/aromatic N) is 1. The van der Waals surface area contributed by atoms with Crippen molar-refractivity contribution in [1.29, 1.82) is 0 Å². The predicted molar refractivity (Wildman–Crippen MR) is 115 cm³/mol. The van der Waals surface area contributed by atoms with E-state index in [0.717, 1.165) is 30.5 Å². The van der Waals surface area contributed by atoms with E-state index >= 15 is 0 Å². The Morgan fingerprint density at radius 2 is 1.77 bits per heavy atom. The lowest BCUT2D eigenvalue weighted by Crippen LogP contribution is -2.36. The van der Waals surface area contributed by atoms with Crippen molar-refractivity contribution in [3.05, 3.63) is 53.6 Å². The average molecular weight is 414 g/mol. The highest BCUT2D eigenvalue weighted by Crippen LogP contribution is 2.38. The molecule has 1 saturated heterocycles. The fourth-order valence-corrected chi connectivity index (χ4v) is 4.15. The van der Waals surface area contributed by atoms with E-state index in [0.29, 0.717) is 36.5 Å². The molecule has 0 aliphatic carbocycles. The normalized spacial score (nSPS) is 16.9. The summed E-state index contributed by atoms with van der Waals surface area (Å²) < 4.78 is 16.2. The second-order valence-electron chi connectivity index (χ2n) is 7.58. The molecule has 0 spiro atoms. The van der Waals surface area contributed by atoms with Gasteiger partial charge in [0.05, 0.1) is 27.4 Å². The van der Waals surface area contributed by atoms with Crippen LogP contribution in [0, 0.1) is 0 Å². The number of aryl methyl sites for hydroxylation is 1. The number of ether oxygens (including phenoxy) is 3. The number of aliphatic hydroxyl groups is 1. The third kappa shape index (κ3) is 5.05. The first-order valence-electron chi connectivity index (χ1n) is 10.4. The van der Waals surface area contributed by atoms with Crippen molar-refractivity contribution in [1.82, 2.24) is 4.90 Å². The number of aliphatic hydroxyl groups excluding tert-OH is 1.